The molecule has 37 heavy (non-hydrogen) atoms. The Morgan fingerprint density at radius 1 is 0.865 bits per heavy atom. The van der Waals surface area contributed by atoms with Gasteiger partial charge in [0.2, 0.25) is 11.8 Å². The molecule has 0 aliphatic carbocycles. The number of aldehydes is 1. The van der Waals surface area contributed by atoms with Crippen molar-refractivity contribution in [3.8, 4) is 0 Å². The Bertz CT molecular complexity index is 1420. The van der Waals surface area contributed by atoms with Crippen molar-refractivity contribution in [3.63, 3.8) is 0 Å². The van der Waals surface area contributed by atoms with E-state index in [1.54, 1.807) is 12.4 Å². The van der Waals surface area contributed by atoms with Crippen LogP contribution in [-0.2, 0) is 32.0 Å². The lowest BCUT2D eigenvalue weighted by molar-refractivity contribution is -0.138. The molecule has 7 N–H and O–H groups in total. The fourth-order valence-electron chi connectivity index (χ4n) is 4.40. The van der Waals surface area contributed by atoms with Crippen molar-refractivity contribution < 1.29 is 24.3 Å². The van der Waals surface area contributed by atoms with Gasteiger partial charge in [0, 0.05) is 47.0 Å². The van der Waals surface area contributed by atoms with Crippen LogP contribution in [-0.4, -0.2) is 57.3 Å². The molecule has 3 atom stereocenters. The van der Waals surface area contributed by atoms with Crippen LogP contribution in [0.5, 0.6) is 0 Å². The van der Waals surface area contributed by atoms with Crippen LogP contribution < -0.4 is 16.4 Å². The molecule has 0 bridgehead atoms. The molecule has 10 heteroatoms. The van der Waals surface area contributed by atoms with Gasteiger partial charge in [0.05, 0.1) is 12.1 Å². The van der Waals surface area contributed by atoms with Gasteiger partial charge in [-0.05, 0) is 36.1 Å². The first-order chi connectivity index (χ1) is 17.9. The number of carbonyl (C=O) groups is 4. The number of carboxylic acid groups (broad SMARTS) is 1. The van der Waals surface area contributed by atoms with Crippen molar-refractivity contribution in [3.05, 3.63) is 72.1 Å². The third kappa shape index (κ3) is 6.22. The molecule has 0 saturated carbocycles. The maximum Gasteiger partial charge on any atom is 0.303 e. The molecule has 10 nitrogen and oxygen atoms in total. The maximum atomic E-state index is 13.0. The van der Waals surface area contributed by atoms with Crippen LogP contribution in [0.3, 0.4) is 0 Å². The summed E-state index contributed by atoms with van der Waals surface area (Å²) >= 11 is 0. The summed E-state index contributed by atoms with van der Waals surface area (Å²) in [6.45, 7) is 0. The summed E-state index contributed by atoms with van der Waals surface area (Å²) in [5, 5.41) is 16.2. The van der Waals surface area contributed by atoms with E-state index in [9.17, 15) is 19.2 Å². The molecule has 0 fully saturated rings. The number of H-pyrrole nitrogens is 2. The molecule has 0 radical (unpaired) electrons. The number of rotatable bonds is 12. The molecular weight excluding hydrogens is 474 g/mol. The summed E-state index contributed by atoms with van der Waals surface area (Å²) in [7, 11) is 0. The monoisotopic (exact) mass is 503 g/mol. The van der Waals surface area contributed by atoms with Crippen LogP contribution in [0.15, 0.2) is 60.9 Å². The number of hydrogen-bond acceptors (Lipinski definition) is 5. The molecule has 4 aromatic rings. The second kappa shape index (κ2) is 11.5. The van der Waals surface area contributed by atoms with Crippen LogP contribution >= 0.6 is 0 Å². The first-order valence-electron chi connectivity index (χ1n) is 12.0. The lowest BCUT2D eigenvalue weighted by Gasteiger charge is -2.22. The first kappa shape index (κ1) is 25.6. The number of carboxylic acids is 1. The molecule has 2 aromatic heterocycles. The van der Waals surface area contributed by atoms with E-state index in [2.05, 4.69) is 20.6 Å². The third-order valence-electron chi connectivity index (χ3n) is 6.34. The standard InChI is InChI=1S/C27H29N5O5/c28-21(12-17-14-30-23-8-4-2-6-20(17)23)26(36)32-24(9-10-25(34)35)27(37)31-18(15-33)11-16-13-29-22-7-3-1-5-19(16)22/h1-8,13-15,18,21,24,29-30H,9-12,28H2,(H,31,37)(H,32,36)(H,34,35)/t18-,21?,24-/m0/s1. The van der Waals surface area contributed by atoms with Gasteiger partial charge in [0.25, 0.3) is 0 Å². The van der Waals surface area contributed by atoms with E-state index in [0.717, 1.165) is 32.9 Å². The molecule has 192 valence electrons. The number of aromatic nitrogens is 2. The smallest absolute Gasteiger partial charge is 0.303 e. The van der Waals surface area contributed by atoms with E-state index >= 15 is 0 Å². The third-order valence-corrected chi connectivity index (χ3v) is 6.34. The molecular formula is C27H29N5O5. The molecule has 0 aliphatic heterocycles. The van der Waals surface area contributed by atoms with E-state index < -0.39 is 35.9 Å². The summed E-state index contributed by atoms with van der Waals surface area (Å²) in [4.78, 5) is 55.1. The predicted octanol–water partition coefficient (Wildman–Crippen LogP) is 1.80. The number of nitrogens with one attached hydrogen (secondary N) is 4. The van der Waals surface area contributed by atoms with Gasteiger partial charge >= 0.3 is 5.97 Å². The van der Waals surface area contributed by atoms with Crippen LogP contribution in [0, 0.1) is 0 Å². The minimum atomic E-state index is -1.16. The summed E-state index contributed by atoms with van der Waals surface area (Å²) < 4.78 is 0. The Morgan fingerprint density at radius 3 is 2.00 bits per heavy atom. The van der Waals surface area contributed by atoms with Crippen LogP contribution in [0.25, 0.3) is 21.8 Å². The zero-order chi connectivity index (χ0) is 26.4. The van der Waals surface area contributed by atoms with Crippen molar-refractivity contribution >= 4 is 45.9 Å². The molecule has 2 aromatic carbocycles. The van der Waals surface area contributed by atoms with Crippen molar-refractivity contribution in [1.29, 1.82) is 0 Å². The van der Waals surface area contributed by atoms with Crippen LogP contribution in [0.2, 0.25) is 0 Å². The number of para-hydroxylation sites is 2. The van der Waals surface area contributed by atoms with Gasteiger partial charge in [0.1, 0.15) is 12.3 Å². The average molecular weight is 504 g/mol. The first-order valence-corrected chi connectivity index (χ1v) is 12.0. The highest BCUT2D eigenvalue weighted by Crippen LogP contribution is 2.20. The second-order valence-electron chi connectivity index (χ2n) is 8.98. The summed E-state index contributed by atoms with van der Waals surface area (Å²) in [6.07, 6.45) is 4.15. The predicted molar refractivity (Wildman–Crippen MR) is 139 cm³/mol. The van der Waals surface area contributed by atoms with E-state index in [1.807, 2.05) is 48.5 Å². The van der Waals surface area contributed by atoms with Gasteiger partial charge in [0.15, 0.2) is 0 Å². The lowest BCUT2D eigenvalue weighted by Crippen LogP contribution is -2.54. The van der Waals surface area contributed by atoms with Crippen molar-refractivity contribution in [1.82, 2.24) is 20.6 Å². The number of nitrogens with two attached hydrogens (primary N) is 1. The van der Waals surface area contributed by atoms with Crippen LogP contribution in [0.1, 0.15) is 24.0 Å². The molecule has 1 unspecified atom stereocenters. The number of aromatic amines is 2. The topological polar surface area (TPSA) is 170 Å². The molecule has 0 aliphatic rings. The highest BCUT2D eigenvalue weighted by atomic mass is 16.4. The average Bonchev–Trinajstić information content (AvgIpc) is 3.50. The Labute approximate surface area is 212 Å². The van der Waals surface area contributed by atoms with E-state index in [0.29, 0.717) is 6.29 Å². The van der Waals surface area contributed by atoms with Gasteiger partial charge in [-0.15, -0.1) is 0 Å². The summed E-state index contributed by atoms with van der Waals surface area (Å²) in [5.74, 6) is -2.35. The maximum absolute atomic E-state index is 13.0. The molecule has 2 heterocycles. The van der Waals surface area contributed by atoms with Crippen molar-refractivity contribution in [2.75, 3.05) is 0 Å². The number of aliphatic carboxylic acids is 1. The normalized spacial score (nSPS) is 13.6. The minimum Gasteiger partial charge on any atom is -0.481 e. The number of fused-ring (bicyclic) bond motifs is 2. The van der Waals surface area contributed by atoms with E-state index in [-0.39, 0.29) is 25.7 Å². The lowest BCUT2D eigenvalue weighted by atomic mass is 10.0. The highest BCUT2D eigenvalue weighted by molar-refractivity contribution is 5.92. The Balaban J connectivity index is 1.42. The van der Waals surface area contributed by atoms with Gasteiger partial charge in [-0.1, -0.05) is 36.4 Å². The Morgan fingerprint density at radius 2 is 1.43 bits per heavy atom. The molecule has 0 saturated heterocycles. The SMILES string of the molecule is NC(Cc1c[nH]c2ccccc12)C(=O)N[C@@H](CCC(=O)O)C(=O)N[C@H](C=O)Cc1c[nH]c2ccccc12. The quantitative estimate of drug-likeness (QED) is 0.161. The fourth-order valence-corrected chi connectivity index (χ4v) is 4.40. The molecule has 4 rings (SSSR count). The van der Waals surface area contributed by atoms with Gasteiger partial charge in [-0.2, -0.15) is 0 Å². The summed E-state index contributed by atoms with van der Waals surface area (Å²) in [5.41, 5.74) is 9.66. The minimum absolute atomic E-state index is 0.147. The van der Waals surface area contributed by atoms with Crippen molar-refractivity contribution in [2.24, 2.45) is 5.73 Å². The molecule has 0 spiro atoms. The van der Waals surface area contributed by atoms with Gasteiger partial charge in [-0.3, -0.25) is 14.4 Å². The Kier molecular flexibility index (Phi) is 7.99. The van der Waals surface area contributed by atoms with Gasteiger partial charge in [-0.25, -0.2) is 0 Å². The van der Waals surface area contributed by atoms with E-state index in [1.165, 1.54) is 0 Å². The number of carbonyl (C=O) groups excluding carboxylic acids is 3. The Hall–Kier alpha value is -4.44. The highest BCUT2D eigenvalue weighted by Gasteiger charge is 2.27. The number of amides is 2. The van der Waals surface area contributed by atoms with Gasteiger partial charge < -0.3 is 36.2 Å². The van der Waals surface area contributed by atoms with E-state index in [4.69, 9.17) is 10.8 Å². The second-order valence-corrected chi connectivity index (χ2v) is 8.98. The zero-order valence-electron chi connectivity index (χ0n) is 20.1. The largest absolute Gasteiger partial charge is 0.481 e. The van der Waals surface area contributed by atoms with Crippen LogP contribution in [0.4, 0.5) is 0 Å². The number of benzene rings is 2. The summed E-state index contributed by atoms with van der Waals surface area (Å²) in [6, 6.07) is 12.2. The molecule has 2 amide bonds. The van der Waals surface area contributed by atoms with Crippen molar-refractivity contribution in [2.45, 2.75) is 43.8 Å². The zero-order valence-corrected chi connectivity index (χ0v) is 20.1. The fraction of sp³-hybridized carbons (Fsp3) is 0.259. The number of hydrogen-bond donors (Lipinski definition) is 6.